The minimum Gasteiger partial charge on any atom is -0.493 e. The van der Waals surface area contributed by atoms with E-state index in [-0.39, 0.29) is 0 Å². The van der Waals surface area contributed by atoms with Crippen molar-refractivity contribution in [2.75, 3.05) is 19.5 Å². The molecule has 1 aromatic heterocycles. The maximum atomic E-state index is 5.51. The molecule has 0 atom stereocenters. The molecule has 0 bridgehead atoms. The SMILES string of the molecule is COc1cc(C)c(NCc2ccc(I)o2)cc1OC. The molecule has 5 heteroatoms. The van der Waals surface area contributed by atoms with Crippen molar-refractivity contribution in [1.29, 1.82) is 0 Å². The van der Waals surface area contributed by atoms with E-state index >= 15 is 0 Å². The molecule has 4 nitrogen and oxygen atoms in total. The predicted octanol–water partition coefficient (Wildman–Crippen LogP) is 3.82. The van der Waals surface area contributed by atoms with Crippen molar-refractivity contribution in [3.8, 4) is 11.5 Å². The predicted molar refractivity (Wildman–Crippen MR) is 83.0 cm³/mol. The number of hydrogen-bond acceptors (Lipinski definition) is 4. The number of nitrogens with one attached hydrogen (secondary N) is 1. The lowest BCUT2D eigenvalue weighted by Crippen LogP contribution is -2.01. The van der Waals surface area contributed by atoms with E-state index in [4.69, 9.17) is 13.9 Å². The highest BCUT2D eigenvalue weighted by Crippen LogP contribution is 2.33. The van der Waals surface area contributed by atoms with Crippen LogP contribution in [0, 0.1) is 10.7 Å². The van der Waals surface area contributed by atoms with Crippen molar-refractivity contribution >= 4 is 28.3 Å². The van der Waals surface area contributed by atoms with Crippen LogP contribution in [0.3, 0.4) is 0 Å². The summed E-state index contributed by atoms with van der Waals surface area (Å²) in [5.41, 5.74) is 2.10. The van der Waals surface area contributed by atoms with E-state index in [1.807, 2.05) is 31.2 Å². The molecule has 1 aromatic carbocycles. The third-order valence-electron chi connectivity index (χ3n) is 2.81. The Labute approximate surface area is 126 Å². The van der Waals surface area contributed by atoms with Gasteiger partial charge in [0.05, 0.1) is 20.8 Å². The van der Waals surface area contributed by atoms with E-state index in [0.717, 1.165) is 26.5 Å². The highest BCUT2D eigenvalue weighted by atomic mass is 127. The van der Waals surface area contributed by atoms with Crippen molar-refractivity contribution < 1.29 is 13.9 Å². The summed E-state index contributed by atoms with van der Waals surface area (Å²) in [4.78, 5) is 0. The average molecular weight is 373 g/mol. The second kappa shape index (κ2) is 6.18. The second-order valence-electron chi connectivity index (χ2n) is 4.08. The van der Waals surface area contributed by atoms with Crippen LogP contribution in [0.15, 0.2) is 28.7 Å². The lowest BCUT2D eigenvalue weighted by atomic mass is 10.1. The fourth-order valence-electron chi connectivity index (χ4n) is 1.80. The van der Waals surface area contributed by atoms with E-state index in [1.165, 1.54) is 0 Å². The summed E-state index contributed by atoms with van der Waals surface area (Å²) in [6.07, 6.45) is 0. The molecule has 0 saturated carbocycles. The molecule has 0 aliphatic rings. The Balaban J connectivity index is 2.15. The Morgan fingerprint density at radius 2 is 1.84 bits per heavy atom. The first kappa shape index (κ1) is 14.0. The fraction of sp³-hybridized carbons (Fsp3) is 0.286. The number of furan rings is 1. The standard InChI is InChI=1S/C14H16INO3/c1-9-6-12(17-2)13(18-3)7-11(9)16-8-10-4-5-14(15)19-10/h4-7,16H,8H2,1-3H3. The summed E-state index contributed by atoms with van der Waals surface area (Å²) in [7, 11) is 3.26. The number of ether oxygens (including phenoxy) is 2. The van der Waals surface area contributed by atoms with Crippen molar-refractivity contribution in [2.24, 2.45) is 0 Å². The molecule has 0 amide bonds. The molecular formula is C14H16INO3. The molecule has 1 N–H and O–H groups in total. The van der Waals surface area contributed by atoms with E-state index in [1.54, 1.807) is 14.2 Å². The van der Waals surface area contributed by atoms with Gasteiger partial charge in [0.1, 0.15) is 5.76 Å². The smallest absolute Gasteiger partial charge is 0.164 e. The van der Waals surface area contributed by atoms with Gasteiger partial charge in [0.25, 0.3) is 0 Å². The zero-order valence-electron chi connectivity index (χ0n) is 11.1. The van der Waals surface area contributed by atoms with Gasteiger partial charge in [-0.3, -0.25) is 0 Å². The van der Waals surface area contributed by atoms with Crippen LogP contribution in [-0.2, 0) is 6.54 Å². The summed E-state index contributed by atoms with van der Waals surface area (Å²) in [6.45, 7) is 2.66. The average Bonchev–Trinajstić information content (AvgIpc) is 2.82. The number of benzene rings is 1. The molecule has 0 spiro atoms. The summed E-state index contributed by atoms with van der Waals surface area (Å²) in [5.74, 6) is 2.35. The highest BCUT2D eigenvalue weighted by molar-refractivity contribution is 14.1. The third kappa shape index (κ3) is 3.34. The monoisotopic (exact) mass is 373 g/mol. The summed E-state index contributed by atoms with van der Waals surface area (Å²) >= 11 is 2.15. The molecule has 0 aliphatic heterocycles. The van der Waals surface area contributed by atoms with Crippen LogP contribution < -0.4 is 14.8 Å². The molecule has 19 heavy (non-hydrogen) atoms. The van der Waals surface area contributed by atoms with Crippen molar-refractivity contribution in [3.05, 3.63) is 39.4 Å². The topological polar surface area (TPSA) is 43.6 Å². The Bertz CT molecular complexity index is 566. The first-order valence-electron chi connectivity index (χ1n) is 5.84. The first-order chi connectivity index (χ1) is 9.13. The number of hydrogen-bond donors (Lipinski definition) is 1. The molecule has 1 heterocycles. The van der Waals surface area contributed by atoms with Gasteiger partial charge >= 0.3 is 0 Å². The number of rotatable bonds is 5. The van der Waals surface area contributed by atoms with Crippen molar-refractivity contribution in [3.63, 3.8) is 0 Å². The molecule has 2 rings (SSSR count). The maximum Gasteiger partial charge on any atom is 0.164 e. The lowest BCUT2D eigenvalue weighted by Gasteiger charge is -2.13. The second-order valence-corrected chi connectivity index (χ2v) is 5.14. The molecule has 0 fully saturated rings. The Morgan fingerprint density at radius 3 is 2.42 bits per heavy atom. The van der Waals surface area contributed by atoms with Crippen LogP contribution in [0.1, 0.15) is 11.3 Å². The van der Waals surface area contributed by atoms with Gasteiger partial charge in [-0.2, -0.15) is 0 Å². The molecule has 0 radical (unpaired) electrons. The Morgan fingerprint density at radius 1 is 1.16 bits per heavy atom. The van der Waals surface area contributed by atoms with E-state index in [0.29, 0.717) is 12.3 Å². The highest BCUT2D eigenvalue weighted by Gasteiger charge is 2.09. The van der Waals surface area contributed by atoms with Crippen LogP contribution in [0.2, 0.25) is 0 Å². The fourth-order valence-corrected chi connectivity index (χ4v) is 2.26. The maximum absolute atomic E-state index is 5.51. The summed E-state index contributed by atoms with van der Waals surface area (Å²) in [5, 5.41) is 3.34. The van der Waals surface area contributed by atoms with Gasteiger partial charge in [0.15, 0.2) is 15.3 Å². The van der Waals surface area contributed by atoms with Gasteiger partial charge in [-0.25, -0.2) is 0 Å². The van der Waals surface area contributed by atoms with Crippen molar-refractivity contribution in [1.82, 2.24) is 0 Å². The Kier molecular flexibility index (Phi) is 4.57. The number of halogens is 1. The third-order valence-corrected chi connectivity index (χ3v) is 3.39. The number of aryl methyl sites for hydroxylation is 1. The zero-order chi connectivity index (χ0) is 13.8. The normalized spacial score (nSPS) is 10.3. The van der Waals surface area contributed by atoms with Crippen LogP contribution in [0.5, 0.6) is 11.5 Å². The molecule has 102 valence electrons. The van der Waals surface area contributed by atoms with E-state index in [2.05, 4.69) is 27.9 Å². The minimum atomic E-state index is 0.638. The van der Waals surface area contributed by atoms with Crippen LogP contribution in [0.25, 0.3) is 0 Å². The quantitative estimate of drug-likeness (QED) is 0.810. The largest absolute Gasteiger partial charge is 0.493 e. The van der Waals surface area contributed by atoms with Gasteiger partial charge < -0.3 is 19.2 Å². The number of methoxy groups -OCH3 is 2. The zero-order valence-corrected chi connectivity index (χ0v) is 13.3. The lowest BCUT2D eigenvalue weighted by molar-refractivity contribution is 0.355. The van der Waals surface area contributed by atoms with Crippen LogP contribution in [-0.4, -0.2) is 14.2 Å². The van der Waals surface area contributed by atoms with Crippen LogP contribution in [0.4, 0.5) is 5.69 Å². The van der Waals surface area contributed by atoms with Gasteiger partial charge in [0, 0.05) is 11.8 Å². The van der Waals surface area contributed by atoms with Gasteiger partial charge in [0.2, 0.25) is 0 Å². The van der Waals surface area contributed by atoms with Gasteiger partial charge in [-0.1, -0.05) is 0 Å². The molecule has 0 saturated heterocycles. The Hall–Kier alpha value is -1.37. The van der Waals surface area contributed by atoms with Crippen LogP contribution >= 0.6 is 22.6 Å². The molecule has 0 aliphatic carbocycles. The van der Waals surface area contributed by atoms with E-state index < -0.39 is 0 Å². The summed E-state index contributed by atoms with van der Waals surface area (Å²) in [6, 6.07) is 7.79. The minimum absolute atomic E-state index is 0.638. The van der Waals surface area contributed by atoms with E-state index in [9.17, 15) is 0 Å². The molecule has 0 unspecified atom stereocenters. The van der Waals surface area contributed by atoms with Gasteiger partial charge in [-0.05, 0) is 53.3 Å². The van der Waals surface area contributed by atoms with Gasteiger partial charge in [-0.15, -0.1) is 0 Å². The molecular weight excluding hydrogens is 357 g/mol. The number of anilines is 1. The van der Waals surface area contributed by atoms with Crippen molar-refractivity contribution in [2.45, 2.75) is 13.5 Å². The summed E-state index contributed by atoms with van der Waals surface area (Å²) < 4.78 is 17.0. The first-order valence-corrected chi connectivity index (χ1v) is 6.92. The molecule has 2 aromatic rings.